The van der Waals surface area contributed by atoms with Crippen LogP contribution in [0.5, 0.6) is 0 Å². The van der Waals surface area contributed by atoms with Gasteiger partial charge in [0.2, 0.25) is 0 Å². The van der Waals surface area contributed by atoms with E-state index in [4.69, 9.17) is 10.2 Å². The molecule has 0 spiro atoms. The molecule has 0 aliphatic carbocycles. The number of carboxylic acids is 3. The number of carboxylic acid groups (broad SMARTS) is 3. The molecule has 0 fully saturated rings. The molecule has 0 heterocycles. The minimum absolute atomic E-state index is 0. The van der Waals surface area contributed by atoms with Crippen LogP contribution in [0.3, 0.4) is 0 Å². The monoisotopic (exact) mass is 288 g/mol. The predicted octanol–water partition coefficient (Wildman–Crippen LogP) is -10.3. The van der Waals surface area contributed by atoms with E-state index >= 15 is 0 Å². The Morgan fingerprint density at radius 3 is 1.44 bits per heavy atom. The van der Waals surface area contributed by atoms with Crippen LogP contribution >= 0.6 is 0 Å². The zero-order valence-electron chi connectivity index (χ0n) is 8.43. The Balaban J connectivity index is -0.000000240. The second kappa shape index (κ2) is 11.2. The topological polar surface area (TPSA) is 138 Å². The van der Waals surface area contributed by atoms with E-state index in [0.29, 0.717) is 0 Å². The molecule has 0 aromatic heterocycles. The molecule has 0 unspecified atom stereocenters. The first-order valence-corrected chi connectivity index (χ1v) is 3.13. The molecule has 2 N–H and O–H groups in total. The van der Waals surface area contributed by atoms with Crippen molar-refractivity contribution in [2.45, 2.75) is 18.4 Å². The summed E-state index contributed by atoms with van der Waals surface area (Å²) in [5, 5.41) is 37.2. The van der Waals surface area contributed by atoms with Gasteiger partial charge in [-0.3, -0.25) is 0 Å². The molecular formula is C6H6ClKMgO7. The number of carbonyl (C=O) groups excluding carboxylic acids is 2. The first kappa shape index (κ1) is 25.8. The van der Waals surface area contributed by atoms with Crippen molar-refractivity contribution in [1.82, 2.24) is 0 Å². The molecule has 82 valence electrons. The Kier molecular flexibility index (Phi) is 18.0. The standard InChI is InChI=1S/C6H8O7.ClH.K.Mg/c7-3(8)1-6(13,5(11)12)2-4(9)10;;;/h13H,1-2H2,(H,7,8)(H,9,10)(H,11,12);1H;;/q;;+1;+2/p-3. The third kappa shape index (κ3) is 10.2. The average molecular weight is 289 g/mol. The molecule has 0 bridgehead atoms. The fourth-order valence-corrected chi connectivity index (χ4v) is 0.691. The average Bonchev–Trinajstić information content (AvgIpc) is 1.82. The van der Waals surface area contributed by atoms with Gasteiger partial charge in [0.25, 0.3) is 0 Å². The summed E-state index contributed by atoms with van der Waals surface area (Å²) in [4.78, 5) is 30.2. The molecule has 7 nitrogen and oxygen atoms in total. The molecule has 16 heavy (non-hydrogen) atoms. The number of aliphatic hydroxyl groups is 1. The third-order valence-corrected chi connectivity index (χ3v) is 1.27. The smallest absolute Gasteiger partial charge is 1.00 e. The molecule has 0 rings (SSSR count). The maximum atomic E-state index is 10.3. The third-order valence-electron chi connectivity index (χ3n) is 1.27. The Morgan fingerprint density at radius 2 is 1.31 bits per heavy atom. The predicted molar refractivity (Wildman–Crippen MR) is 37.6 cm³/mol. The number of rotatable bonds is 5. The summed E-state index contributed by atoms with van der Waals surface area (Å²) >= 11 is 0. The van der Waals surface area contributed by atoms with E-state index in [1.807, 2.05) is 0 Å². The van der Waals surface area contributed by atoms with Crippen LogP contribution in [0.2, 0.25) is 0 Å². The summed E-state index contributed by atoms with van der Waals surface area (Å²) in [7, 11) is 0. The molecule has 10 heteroatoms. The van der Waals surface area contributed by atoms with Gasteiger partial charge in [0.15, 0.2) is 5.60 Å². The Hall–Kier alpha value is 1.06. The quantitative estimate of drug-likeness (QED) is 0.479. The van der Waals surface area contributed by atoms with Gasteiger partial charge in [-0.05, 0) is 0 Å². The van der Waals surface area contributed by atoms with Crippen molar-refractivity contribution < 1.29 is 98.6 Å². The van der Waals surface area contributed by atoms with Crippen molar-refractivity contribution in [2.24, 2.45) is 0 Å². The Morgan fingerprint density at radius 1 is 1.06 bits per heavy atom. The van der Waals surface area contributed by atoms with Gasteiger partial charge in [-0.15, -0.1) is 0 Å². The fourth-order valence-electron chi connectivity index (χ4n) is 0.691. The van der Waals surface area contributed by atoms with E-state index in [1.54, 1.807) is 0 Å². The molecule has 0 aliphatic heterocycles. The van der Waals surface area contributed by atoms with Crippen molar-refractivity contribution in [3.05, 3.63) is 0 Å². The van der Waals surface area contributed by atoms with Gasteiger partial charge in [-0.2, -0.15) is 0 Å². The van der Waals surface area contributed by atoms with E-state index in [0.717, 1.165) is 0 Å². The maximum absolute atomic E-state index is 10.3. The summed E-state index contributed by atoms with van der Waals surface area (Å²) in [6, 6.07) is 0. The van der Waals surface area contributed by atoms with Crippen molar-refractivity contribution >= 4 is 41.0 Å². The summed E-state index contributed by atoms with van der Waals surface area (Å²) in [6.07, 6.45) is -2.59. The summed E-state index contributed by atoms with van der Waals surface area (Å²) in [5.74, 6) is -5.65. The van der Waals surface area contributed by atoms with Crippen molar-refractivity contribution in [2.75, 3.05) is 0 Å². The van der Waals surface area contributed by atoms with Gasteiger partial charge in [0, 0.05) is 24.8 Å². The maximum Gasteiger partial charge on any atom is 2.00 e. The van der Waals surface area contributed by atoms with E-state index in [-0.39, 0.29) is 86.8 Å². The Bertz CT molecular complexity index is 243. The van der Waals surface area contributed by atoms with Crippen LogP contribution in [-0.2, 0) is 14.4 Å². The van der Waals surface area contributed by atoms with Crippen LogP contribution in [0.15, 0.2) is 0 Å². The van der Waals surface area contributed by atoms with Crippen LogP contribution in [0.4, 0.5) is 0 Å². The summed E-state index contributed by atoms with van der Waals surface area (Å²) in [6.45, 7) is 0. The first-order chi connectivity index (χ1) is 5.78. The minimum Gasteiger partial charge on any atom is -1.00 e. The van der Waals surface area contributed by atoms with Crippen LogP contribution in [0.25, 0.3) is 0 Å². The number of aliphatic carboxylic acids is 3. The molecule has 0 saturated carbocycles. The number of halogens is 1. The largest absolute Gasteiger partial charge is 2.00 e. The van der Waals surface area contributed by atoms with Gasteiger partial charge >= 0.3 is 80.4 Å². The molecule has 0 amide bonds. The van der Waals surface area contributed by atoms with Gasteiger partial charge in [0.05, 0.1) is 0 Å². The molecule has 0 aliphatic rings. The molecule has 0 atom stereocenters. The second-order valence-electron chi connectivity index (χ2n) is 2.43. The summed E-state index contributed by atoms with van der Waals surface area (Å²) < 4.78 is 0. The normalized spacial score (nSPS) is 8.81. The summed E-state index contributed by atoms with van der Waals surface area (Å²) in [5.41, 5.74) is -2.86. The van der Waals surface area contributed by atoms with Gasteiger partial charge in [0.1, 0.15) is 0 Å². The molecular weight excluding hydrogens is 283 g/mol. The number of hydrogen-bond acceptors (Lipinski definition) is 6. The molecule has 0 aromatic carbocycles. The van der Waals surface area contributed by atoms with Crippen molar-refractivity contribution in [1.29, 1.82) is 0 Å². The minimum atomic E-state index is -2.86. The van der Waals surface area contributed by atoms with Crippen molar-refractivity contribution in [3.8, 4) is 0 Å². The van der Waals surface area contributed by atoms with E-state index in [2.05, 4.69) is 0 Å². The van der Waals surface area contributed by atoms with Crippen LogP contribution in [0.1, 0.15) is 12.8 Å². The second-order valence-corrected chi connectivity index (χ2v) is 2.43. The van der Waals surface area contributed by atoms with Crippen LogP contribution in [-0.4, -0.2) is 56.8 Å². The van der Waals surface area contributed by atoms with Gasteiger partial charge < -0.3 is 42.4 Å². The molecule has 0 saturated heterocycles. The zero-order valence-corrected chi connectivity index (χ0v) is 13.7. The van der Waals surface area contributed by atoms with Crippen molar-refractivity contribution in [3.63, 3.8) is 0 Å². The van der Waals surface area contributed by atoms with Crippen LogP contribution < -0.4 is 74.0 Å². The first-order valence-electron chi connectivity index (χ1n) is 3.13. The SMILES string of the molecule is O=C([O-])CC(O)(CC(=O)[O-])C(=O)O.[Cl-].[K+].[Mg+2]. The van der Waals surface area contributed by atoms with Crippen LogP contribution in [0, 0.1) is 0 Å². The van der Waals surface area contributed by atoms with E-state index in [9.17, 15) is 24.6 Å². The number of hydrogen-bond donors (Lipinski definition) is 2. The fraction of sp³-hybridized carbons (Fsp3) is 0.500. The van der Waals surface area contributed by atoms with Gasteiger partial charge in [-0.1, -0.05) is 0 Å². The van der Waals surface area contributed by atoms with E-state index < -0.39 is 36.4 Å². The molecule has 0 radical (unpaired) electrons. The zero-order chi connectivity index (χ0) is 10.6. The number of carbonyl (C=O) groups is 3. The Labute approximate surface area is 156 Å². The molecule has 0 aromatic rings. The van der Waals surface area contributed by atoms with Gasteiger partial charge in [-0.25, -0.2) is 4.79 Å². The van der Waals surface area contributed by atoms with E-state index in [1.165, 1.54) is 0 Å².